The summed E-state index contributed by atoms with van der Waals surface area (Å²) in [6.07, 6.45) is 1.62. The molecule has 3 heterocycles. The fourth-order valence-corrected chi connectivity index (χ4v) is 3.13. The highest BCUT2D eigenvalue weighted by Gasteiger charge is 2.25. The number of amides is 1. The Bertz CT molecular complexity index is 598. The van der Waals surface area contributed by atoms with Gasteiger partial charge in [-0.25, -0.2) is 4.98 Å². The maximum Gasteiger partial charge on any atom is 0.273 e. The number of hydrogen-bond donors (Lipinski definition) is 0. The molecule has 0 aliphatic carbocycles. The Balaban J connectivity index is 1.81. The van der Waals surface area contributed by atoms with Crippen LogP contribution >= 0.6 is 11.3 Å². The lowest BCUT2D eigenvalue weighted by molar-refractivity contribution is 0.0658. The van der Waals surface area contributed by atoms with Crippen LogP contribution in [-0.2, 0) is 0 Å². The van der Waals surface area contributed by atoms with Gasteiger partial charge in [-0.2, -0.15) is 0 Å². The van der Waals surface area contributed by atoms with E-state index in [2.05, 4.69) is 16.9 Å². The van der Waals surface area contributed by atoms with Crippen LogP contribution in [0, 0.1) is 6.92 Å². The highest BCUT2D eigenvalue weighted by atomic mass is 32.1. The Morgan fingerprint density at radius 1 is 1.35 bits per heavy atom. The van der Waals surface area contributed by atoms with Gasteiger partial charge < -0.3 is 14.2 Å². The Morgan fingerprint density at radius 3 is 2.75 bits per heavy atom. The number of hydrogen-bond acceptors (Lipinski definition) is 5. The lowest BCUT2D eigenvalue weighted by Crippen LogP contribution is -2.47. The number of aromatic nitrogens is 1. The van der Waals surface area contributed by atoms with Crippen molar-refractivity contribution < 1.29 is 9.21 Å². The summed E-state index contributed by atoms with van der Waals surface area (Å²) >= 11 is 1.50. The first-order valence-electron chi connectivity index (χ1n) is 6.64. The zero-order valence-corrected chi connectivity index (χ0v) is 12.4. The molecule has 0 bridgehead atoms. The van der Waals surface area contributed by atoms with Gasteiger partial charge in [0, 0.05) is 31.1 Å². The molecule has 0 unspecified atom stereocenters. The monoisotopic (exact) mass is 291 g/mol. The fourth-order valence-electron chi connectivity index (χ4n) is 2.26. The predicted octanol–water partition coefficient (Wildman–Crippen LogP) is 2.10. The van der Waals surface area contributed by atoms with Crippen molar-refractivity contribution in [2.24, 2.45) is 0 Å². The van der Waals surface area contributed by atoms with Gasteiger partial charge in [0.15, 0.2) is 10.8 Å². The first-order chi connectivity index (χ1) is 9.65. The molecule has 2 aromatic rings. The predicted molar refractivity (Wildman–Crippen MR) is 78.0 cm³/mol. The zero-order valence-electron chi connectivity index (χ0n) is 11.6. The van der Waals surface area contributed by atoms with E-state index in [1.807, 2.05) is 24.0 Å². The van der Waals surface area contributed by atoms with E-state index in [4.69, 9.17) is 4.42 Å². The summed E-state index contributed by atoms with van der Waals surface area (Å²) in [5, 5.41) is 0.768. The van der Waals surface area contributed by atoms with Crippen molar-refractivity contribution in [3.05, 3.63) is 29.0 Å². The molecule has 1 aliphatic heterocycles. The van der Waals surface area contributed by atoms with Gasteiger partial charge in [0.05, 0.1) is 6.26 Å². The Hall–Kier alpha value is -1.66. The number of piperazine rings is 1. The third-order valence-electron chi connectivity index (χ3n) is 3.52. The van der Waals surface area contributed by atoms with Gasteiger partial charge in [-0.1, -0.05) is 0 Å². The summed E-state index contributed by atoms with van der Waals surface area (Å²) in [7, 11) is 2.07. The van der Waals surface area contributed by atoms with Gasteiger partial charge in [0.2, 0.25) is 0 Å². The minimum absolute atomic E-state index is 0.0321. The van der Waals surface area contributed by atoms with Crippen molar-refractivity contribution in [2.45, 2.75) is 6.92 Å². The van der Waals surface area contributed by atoms with Crippen LogP contribution in [0.4, 0.5) is 0 Å². The lowest BCUT2D eigenvalue weighted by atomic mass is 10.2. The molecule has 1 aliphatic rings. The van der Waals surface area contributed by atoms with Crippen molar-refractivity contribution in [1.29, 1.82) is 0 Å². The first kappa shape index (κ1) is 13.3. The standard InChI is InChI=1S/C14H17N3O2S/c1-10-12(14(18)17-7-5-16(2)6-8-17)15-13(20-10)11-4-3-9-19-11/h3-4,9H,5-8H2,1-2H3. The minimum atomic E-state index is 0.0321. The first-order valence-corrected chi connectivity index (χ1v) is 7.46. The average molecular weight is 291 g/mol. The molecule has 1 saturated heterocycles. The molecular weight excluding hydrogens is 274 g/mol. The summed E-state index contributed by atoms with van der Waals surface area (Å²) < 4.78 is 5.34. The van der Waals surface area contributed by atoms with E-state index >= 15 is 0 Å². The van der Waals surface area contributed by atoms with Crippen molar-refractivity contribution >= 4 is 17.2 Å². The molecule has 0 N–H and O–H groups in total. The molecule has 0 spiro atoms. The Labute approximate surface area is 121 Å². The van der Waals surface area contributed by atoms with Crippen LogP contribution in [-0.4, -0.2) is 53.9 Å². The maximum atomic E-state index is 12.5. The molecule has 5 nitrogen and oxygen atoms in total. The Morgan fingerprint density at radius 2 is 2.10 bits per heavy atom. The van der Waals surface area contributed by atoms with E-state index in [9.17, 15) is 4.79 Å². The minimum Gasteiger partial charge on any atom is -0.462 e. The second-order valence-electron chi connectivity index (χ2n) is 5.00. The molecule has 20 heavy (non-hydrogen) atoms. The van der Waals surface area contributed by atoms with Crippen LogP contribution in [0.5, 0.6) is 0 Å². The van der Waals surface area contributed by atoms with Gasteiger partial charge in [0.1, 0.15) is 5.69 Å². The van der Waals surface area contributed by atoms with Gasteiger partial charge in [-0.15, -0.1) is 11.3 Å². The number of thiazole rings is 1. The van der Waals surface area contributed by atoms with E-state index in [1.54, 1.807) is 6.26 Å². The zero-order chi connectivity index (χ0) is 14.1. The third kappa shape index (κ3) is 2.48. The summed E-state index contributed by atoms with van der Waals surface area (Å²) in [6.45, 7) is 5.30. The molecule has 106 valence electrons. The fraction of sp³-hybridized carbons (Fsp3) is 0.429. The van der Waals surface area contributed by atoms with Crippen LogP contribution in [0.2, 0.25) is 0 Å². The summed E-state index contributed by atoms with van der Waals surface area (Å²) in [4.78, 5) is 22.1. The second kappa shape index (κ2) is 5.38. The van der Waals surface area contributed by atoms with E-state index in [0.29, 0.717) is 5.69 Å². The van der Waals surface area contributed by atoms with Crippen LogP contribution in [0.3, 0.4) is 0 Å². The second-order valence-corrected chi connectivity index (χ2v) is 6.20. The van der Waals surface area contributed by atoms with Crippen LogP contribution in [0.15, 0.2) is 22.8 Å². The smallest absolute Gasteiger partial charge is 0.273 e. The number of carbonyl (C=O) groups excluding carboxylic acids is 1. The van der Waals surface area contributed by atoms with Gasteiger partial charge >= 0.3 is 0 Å². The molecule has 2 aromatic heterocycles. The highest BCUT2D eigenvalue weighted by Crippen LogP contribution is 2.28. The van der Waals surface area contributed by atoms with Gasteiger partial charge in [-0.3, -0.25) is 4.79 Å². The molecule has 0 radical (unpaired) electrons. The van der Waals surface area contributed by atoms with E-state index < -0.39 is 0 Å². The molecule has 0 aromatic carbocycles. The van der Waals surface area contributed by atoms with E-state index in [1.165, 1.54) is 11.3 Å². The molecule has 1 amide bonds. The molecule has 0 saturated carbocycles. The van der Waals surface area contributed by atoms with Crippen LogP contribution in [0.1, 0.15) is 15.4 Å². The maximum absolute atomic E-state index is 12.5. The summed E-state index contributed by atoms with van der Waals surface area (Å²) in [5.41, 5.74) is 0.561. The number of carbonyl (C=O) groups is 1. The topological polar surface area (TPSA) is 49.6 Å². The van der Waals surface area contributed by atoms with Crippen molar-refractivity contribution in [1.82, 2.24) is 14.8 Å². The summed E-state index contributed by atoms with van der Waals surface area (Å²) in [5.74, 6) is 0.750. The Kier molecular flexibility index (Phi) is 3.58. The molecule has 6 heteroatoms. The van der Waals surface area contributed by atoms with Crippen molar-refractivity contribution in [2.75, 3.05) is 33.2 Å². The van der Waals surface area contributed by atoms with Crippen molar-refractivity contribution in [3.8, 4) is 10.8 Å². The highest BCUT2D eigenvalue weighted by molar-refractivity contribution is 7.15. The number of nitrogens with zero attached hydrogens (tertiary/aromatic N) is 3. The quantitative estimate of drug-likeness (QED) is 0.850. The number of likely N-dealkylation sites (N-methyl/N-ethyl adjacent to an activating group) is 1. The lowest BCUT2D eigenvalue weighted by Gasteiger charge is -2.32. The number of rotatable bonds is 2. The average Bonchev–Trinajstić information content (AvgIpc) is 3.08. The number of furan rings is 1. The molecular formula is C14H17N3O2S. The molecule has 0 atom stereocenters. The SMILES string of the molecule is Cc1sc(-c2ccco2)nc1C(=O)N1CCN(C)CC1. The van der Waals surface area contributed by atoms with Crippen molar-refractivity contribution in [3.63, 3.8) is 0 Å². The van der Waals surface area contributed by atoms with E-state index in [-0.39, 0.29) is 5.91 Å². The summed E-state index contributed by atoms with van der Waals surface area (Å²) in [6, 6.07) is 3.69. The van der Waals surface area contributed by atoms with E-state index in [0.717, 1.165) is 41.8 Å². The van der Waals surface area contributed by atoms with Gasteiger partial charge in [-0.05, 0) is 26.1 Å². The molecule has 1 fully saturated rings. The third-order valence-corrected chi connectivity index (χ3v) is 4.51. The molecule has 3 rings (SSSR count). The van der Waals surface area contributed by atoms with Crippen LogP contribution < -0.4 is 0 Å². The largest absolute Gasteiger partial charge is 0.462 e. The number of aryl methyl sites for hydroxylation is 1. The van der Waals surface area contributed by atoms with Crippen LogP contribution in [0.25, 0.3) is 10.8 Å². The van der Waals surface area contributed by atoms with Gasteiger partial charge in [0.25, 0.3) is 5.91 Å². The normalized spacial score (nSPS) is 16.6.